The van der Waals surface area contributed by atoms with E-state index < -0.39 is 11.9 Å². The van der Waals surface area contributed by atoms with Crippen LogP contribution in [0, 0.1) is 5.82 Å². The van der Waals surface area contributed by atoms with E-state index in [1.54, 1.807) is 17.0 Å². The zero-order valence-electron chi connectivity index (χ0n) is 20.6. The number of amides is 2. The van der Waals surface area contributed by atoms with Gasteiger partial charge in [0, 0.05) is 35.3 Å². The van der Waals surface area contributed by atoms with Crippen molar-refractivity contribution in [3.8, 4) is 0 Å². The highest BCUT2D eigenvalue weighted by Crippen LogP contribution is 2.25. The van der Waals surface area contributed by atoms with Crippen LogP contribution in [0.15, 0.2) is 78.9 Å². The van der Waals surface area contributed by atoms with Crippen molar-refractivity contribution in [3.63, 3.8) is 0 Å². The fourth-order valence-electron chi connectivity index (χ4n) is 3.77. The van der Waals surface area contributed by atoms with Crippen LogP contribution in [0.4, 0.5) is 4.39 Å². The topological polar surface area (TPSA) is 49.4 Å². The van der Waals surface area contributed by atoms with E-state index in [9.17, 15) is 14.0 Å². The van der Waals surface area contributed by atoms with E-state index in [0.717, 1.165) is 17.5 Å². The van der Waals surface area contributed by atoms with Crippen LogP contribution in [0.25, 0.3) is 0 Å². The Morgan fingerprint density at radius 2 is 1.61 bits per heavy atom. The Kier molecular flexibility index (Phi) is 10.8. The molecule has 0 aliphatic rings. The predicted molar refractivity (Wildman–Crippen MR) is 146 cm³/mol. The molecule has 3 aromatic carbocycles. The average Bonchev–Trinajstić information content (AvgIpc) is 2.88. The van der Waals surface area contributed by atoms with Crippen molar-refractivity contribution < 1.29 is 14.0 Å². The summed E-state index contributed by atoms with van der Waals surface area (Å²) in [5.41, 5.74) is 2.28. The quantitative estimate of drug-likeness (QED) is 0.303. The van der Waals surface area contributed by atoms with Crippen LogP contribution in [0.1, 0.15) is 37.0 Å². The molecule has 190 valence electrons. The third-order valence-corrected chi connectivity index (χ3v) is 7.30. The van der Waals surface area contributed by atoms with Crippen molar-refractivity contribution in [1.82, 2.24) is 10.2 Å². The molecule has 0 aromatic heterocycles. The molecule has 0 unspecified atom stereocenters. The van der Waals surface area contributed by atoms with E-state index in [1.807, 2.05) is 74.5 Å². The summed E-state index contributed by atoms with van der Waals surface area (Å²) in [5, 5.41) is 3.40. The van der Waals surface area contributed by atoms with Gasteiger partial charge in [0.25, 0.3) is 0 Å². The van der Waals surface area contributed by atoms with Crippen molar-refractivity contribution in [2.45, 2.75) is 51.1 Å². The van der Waals surface area contributed by atoms with Crippen LogP contribution in [0.3, 0.4) is 0 Å². The van der Waals surface area contributed by atoms with E-state index in [1.165, 1.54) is 17.8 Å². The van der Waals surface area contributed by atoms with Crippen LogP contribution in [-0.4, -0.2) is 34.6 Å². The maximum Gasteiger partial charge on any atom is 0.243 e. The maximum atomic E-state index is 14.2. The monoisotopic (exact) mass is 526 g/mol. The van der Waals surface area contributed by atoms with E-state index in [0.29, 0.717) is 23.6 Å². The van der Waals surface area contributed by atoms with Crippen LogP contribution in [0.5, 0.6) is 0 Å². The lowest BCUT2D eigenvalue weighted by Crippen LogP contribution is -2.52. The molecule has 4 nitrogen and oxygen atoms in total. The fraction of sp³-hybridized carbons (Fsp3) is 0.310. The van der Waals surface area contributed by atoms with Crippen LogP contribution in [-0.2, 0) is 28.3 Å². The minimum Gasteiger partial charge on any atom is -0.352 e. The lowest BCUT2D eigenvalue weighted by molar-refractivity contribution is -0.139. The second-order valence-electron chi connectivity index (χ2n) is 8.72. The molecule has 0 aliphatic carbocycles. The van der Waals surface area contributed by atoms with Crippen LogP contribution in [0.2, 0.25) is 5.02 Å². The number of carbonyl (C=O) groups is 2. The van der Waals surface area contributed by atoms with Gasteiger partial charge in [0.15, 0.2) is 0 Å². The van der Waals surface area contributed by atoms with Crippen molar-refractivity contribution in [1.29, 1.82) is 0 Å². The van der Waals surface area contributed by atoms with E-state index >= 15 is 0 Å². The van der Waals surface area contributed by atoms with Crippen LogP contribution < -0.4 is 5.32 Å². The number of nitrogens with one attached hydrogen (secondary N) is 1. The second-order valence-corrected chi connectivity index (χ2v) is 10.1. The molecular formula is C29H32ClFN2O2S. The lowest BCUT2D eigenvalue weighted by Gasteiger charge is -2.32. The lowest BCUT2D eigenvalue weighted by atomic mass is 10.0. The maximum absolute atomic E-state index is 14.2. The van der Waals surface area contributed by atoms with Gasteiger partial charge in [0.1, 0.15) is 11.9 Å². The minimum atomic E-state index is -0.688. The van der Waals surface area contributed by atoms with E-state index in [4.69, 9.17) is 11.6 Å². The van der Waals surface area contributed by atoms with Crippen molar-refractivity contribution in [2.75, 3.05) is 5.75 Å². The molecule has 0 radical (unpaired) electrons. The molecule has 2 atom stereocenters. The smallest absolute Gasteiger partial charge is 0.243 e. The molecule has 0 aliphatic heterocycles. The number of rotatable bonds is 12. The van der Waals surface area contributed by atoms with E-state index in [2.05, 4.69) is 5.32 Å². The molecule has 0 saturated carbocycles. The number of hydrogen-bond donors (Lipinski definition) is 1. The average molecular weight is 527 g/mol. The molecule has 3 rings (SSSR count). The number of thioether (sulfide) groups is 1. The largest absolute Gasteiger partial charge is 0.352 e. The van der Waals surface area contributed by atoms with Gasteiger partial charge in [-0.2, -0.15) is 0 Å². The molecule has 0 spiro atoms. The summed E-state index contributed by atoms with van der Waals surface area (Å²) in [6.45, 7) is 4.26. The number of hydrogen-bond acceptors (Lipinski definition) is 3. The summed E-state index contributed by atoms with van der Waals surface area (Å²) in [5.74, 6) is -0.396. The van der Waals surface area contributed by atoms with Crippen molar-refractivity contribution in [3.05, 3.63) is 106 Å². The van der Waals surface area contributed by atoms with Gasteiger partial charge in [-0.1, -0.05) is 85.3 Å². The highest BCUT2D eigenvalue weighted by atomic mass is 35.5. The van der Waals surface area contributed by atoms with Gasteiger partial charge in [-0.25, -0.2) is 4.39 Å². The van der Waals surface area contributed by atoms with Gasteiger partial charge in [-0.05, 0) is 36.6 Å². The molecule has 7 heteroatoms. The molecule has 3 aromatic rings. The second kappa shape index (κ2) is 14.0. The van der Waals surface area contributed by atoms with Gasteiger partial charge < -0.3 is 10.2 Å². The molecule has 0 heterocycles. The summed E-state index contributed by atoms with van der Waals surface area (Å²) in [4.78, 5) is 28.7. The first-order valence-electron chi connectivity index (χ1n) is 12.1. The third-order valence-electron chi connectivity index (χ3n) is 6.00. The summed E-state index contributed by atoms with van der Waals surface area (Å²) in [6, 6.07) is 23.2. The summed E-state index contributed by atoms with van der Waals surface area (Å²) < 4.78 is 14.2. The summed E-state index contributed by atoms with van der Waals surface area (Å²) in [7, 11) is 0. The first-order chi connectivity index (χ1) is 17.4. The summed E-state index contributed by atoms with van der Waals surface area (Å²) >= 11 is 7.45. The first-order valence-corrected chi connectivity index (χ1v) is 13.6. The van der Waals surface area contributed by atoms with Crippen molar-refractivity contribution >= 4 is 35.2 Å². The molecular weight excluding hydrogens is 495 g/mol. The number of nitrogens with zero attached hydrogens (tertiary/aromatic N) is 1. The van der Waals surface area contributed by atoms with E-state index in [-0.39, 0.29) is 29.4 Å². The van der Waals surface area contributed by atoms with Crippen molar-refractivity contribution in [2.24, 2.45) is 0 Å². The Morgan fingerprint density at radius 1 is 0.972 bits per heavy atom. The molecule has 0 saturated heterocycles. The molecule has 0 bridgehead atoms. The normalized spacial score (nSPS) is 12.6. The Hall–Kier alpha value is -2.83. The number of halogens is 2. The Morgan fingerprint density at radius 3 is 2.22 bits per heavy atom. The Labute approximate surface area is 222 Å². The summed E-state index contributed by atoms with van der Waals surface area (Å²) in [6.07, 6.45) is 1.18. The zero-order chi connectivity index (χ0) is 25.9. The number of benzene rings is 3. The zero-order valence-corrected chi connectivity index (χ0v) is 22.2. The van der Waals surface area contributed by atoms with Gasteiger partial charge in [0.2, 0.25) is 11.8 Å². The molecule has 1 N–H and O–H groups in total. The Bertz CT molecular complexity index is 1110. The third kappa shape index (κ3) is 8.10. The highest BCUT2D eigenvalue weighted by Gasteiger charge is 2.31. The highest BCUT2D eigenvalue weighted by molar-refractivity contribution is 7.99. The Balaban J connectivity index is 1.85. The van der Waals surface area contributed by atoms with Gasteiger partial charge >= 0.3 is 0 Å². The SMILES string of the molecule is CC[C@H](C)NC(=O)[C@@H](Cc1ccccc1)N(Cc1ccccc1)C(=O)CSCc1c(F)cccc1Cl. The van der Waals surface area contributed by atoms with Crippen LogP contribution >= 0.6 is 23.4 Å². The minimum absolute atomic E-state index is 0.0120. The molecule has 2 amide bonds. The fourth-order valence-corrected chi connectivity index (χ4v) is 5.02. The van der Waals surface area contributed by atoms with Gasteiger partial charge in [-0.15, -0.1) is 11.8 Å². The molecule has 0 fully saturated rings. The predicted octanol–water partition coefficient (Wildman–Crippen LogP) is 6.27. The number of carbonyl (C=O) groups excluding carboxylic acids is 2. The molecule has 36 heavy (non-hydrogen) atoms. The standard InChI is InChI=1S/C29H32ClFN2O2S/c1-3-21(2)32-29(35)27(17-22-11-6-4-7-12-22)33(18-23-13-8-5-9-14-23)28(34)20-36-19-24-25(30)15-10-16-26(24)31/h4-16,21,27H,3,17-20H2,1-2H3,(H,32,35)/t21-,27+/m0/s1. The van der Waals surface area contributed by atoms with Gasteiger partial charge in [-0.3, -0.25) is 9.59 Å². The van der Waals surface area contributed by atoms with Gasteiger partial charge in [0.05, 0.1) is 5.75 Å². The first kappa shape index (κ1) is 27.8.